The van der Waals surface area contributed by atoms with Gasteiger partial charge in [-0.15, -0.1) is 0 Å². The van der Waals surface area contributed by atoms with Gasteiger partial charge in [0.1, 0.15) is 6.54 Å². The lowest BCUT2D eigenvalue weighted by Crippen LogP contribution is -2.51. The second kappa shape index (κ2) is 6.44. The van der Waals surface area contributed by atoms with Crippen LogP contribution in [-0.4, -0.2) is 54.9 Å². The molecule has 0 aromatic carbocycles. The summed E-state index contributed by atoms with van der Waals surface area (Å²) in [6.07, 6.45) is 1.94. The predicted molar refractivity (Wildman–Crippen MR) is 61.8 cm³/mol. The molecule has 2 N–H and O–H groups in total. The van der Waals surface area contributed by atoms with Gasteiger partial charge in [0.2, 0.25) is 0 Å². The number of carboxylic acids is 1. The van der Waals surface area contributed by atoms with Gasteiger partial charge in [-0.1, -0.05) is 6.92 Å². The molecule has 0 heterocycles. The van der Waals surface area contributed by atoms with Gasteiger partial charge in [-0.3, -0.25) is 4.79 Å². The van der Waals surface area contributed by atoms with E-state index < -0.39 is 5.97 Å². The van der Waals surface area contributed by atoms with E-state index in [-0.39, 0.29) is 25.2 Å². The van der Waals surface area contributed by atoms with Crippen LogP contribution in [0.3, 0.4) is 0 Å². The Bertz CT molecular complexity index is 277. The van der Waals surface area contributed by atoms with Crippen LogP contribution in [0.1, 0.15) is 19.8 Å². The Morgan fingerprint density at radius 3 is 2.59 bits per heavy atom. The zero-order valence-electron chi connectivity index (χ0n) is 10.3. The monoisotopic (exact) mass is 244 g/mol. The summed E-state index contributed by atoms with van der Waals surface area (Å²) in [6.45, 7) is 2.46. The van der Waals surface area contributed by atoms with E-state index in [0.717, 1.165) is 12.8 Å². The van der Waals surface area contributed by atoms with Crippen LogP contribution in [0, 0.1) is 5.92 Å². The molecule has 1 saturated carbocycles. The SMILES string of the molecule is COCCN(CC(=O)O)C(=O)NC1CC(C)C1. The smallest absolute Gasteiger partial charge is 0.323 e. The van der Waals surface area contributed by atoms with Crippen LogP contribution in [0.5, 0.6) is 0 Å². The Morgan fingerprint density at radius 1 is 1.47 bits per heavy atom. The minimum Gasteiger partial charge on any atom is -0.480 e. The van der Waals surface area contributed by atoms with Gasteiger partial charge in [-0.25, -0.2) is 4.79 Å². The third-order valence-corrected chi connectivity index (χ3v) is 2.88. The fourth-order valence-corrected chi connectivity index (χ4v) is 1.90. The van der Waals surface area contributed by atoms with Crippen molar-refractivity contribution in [2.24, 2.45) is 5.92 Å². The quantitative estimate of drug-likeness (QED) is 0.714. The largest absolute Gasteiger partial charge is 0.480 e. The highest BCUT2D eigenvalue weighted by atomic mass is 16.5. The number of carboxylic acid groups (broad SMARTS) is 1. The fraction of sp³-hybridized carbons (Fsp3) is 0.818. The number of hydrogen-bond acceptors (Lipinski definition) is 3. The number of carbonyl (C=O) groups is 2. The number of hydrogen-bond donors (Lipinski definition) is 2. The van der Waals surface area contributed by atoms with Gasteiger partial charge in [0, 0.05) is 19.7 Å². The van der Waals surface area contributed by atoms with E-state index >= 15 is 0 Å². The van der Waals surface area contributed by atoms with Crippen LogP contribution in [0.2, 0.25) is 0 Å². The van der Waals surface area contributed by atoms with Crippen molar-refractivity contribution in [2.45, 2.75) is 25.8 Å². The van der Waals surface area contributed by atoms with E-state index in [1.165, 1.54) is 12.0 Å². The van der Waals surface area contributed by atoms with Crippen LogP contribution in [0.4, 0.5) is 4.79 Å². The molecule has 2 amide bonds. The van der Waals surface area contributed by atoms with Crippen molar-refractivity contribution in [1.29, 1.82) is 0 Å². The van der Waals surface area contributed by atoms with Gasteiger partial charge in [0.05, 0.1) is 6.61 Å². The van der Waals surface area contributed by atoms with Crippen molar-refractivity contribution in [1.82, 2.24) is 10.2 Å². The number of urea groups is 1. The van der Waals surface area contributed by atoms with Crippen LogP contribution in [-0.2, 0) is 9.53 Å². The van der Waals surface area contributed by atoms with E-state index in [4.69, 9.17) is 9.84 Å². The molecule has 0 aromatic rings. The Kier molecular flexibility index (Phi) is 5.21. The molecule has 6 nitrogen and oxygen atoms in total. The highest BCUT2D eigenvalue weighted by Crippen LogP contribution is 2.26. The third-order valence-electron chi connectivity index (χ3n) is 2.88. The van der Waals surface area contributed by atoms with Gasteiger partial charge in [-0.2, -0.15) is 0 Å². The van der Waals surface area contributed by atoms with Gasteiger partial charge >= 0.3 is 12.0 Å². The van der Waals surface area contributed by atoms with Crippen LogP contribution < -0.4 is 5.32 Å². The Balaban J connectivity index is 2.38. The first-order chi connectivity index (χ1) is 8.02. The Hall–Kier alpha value is -1.30. The molecule has 0 bridgehead atoms. The molecule has 0 aliphatic heterocycles. The first kappa shape index (κ1) is 13.8. The normalized spacial score (nSPS) is 22.7. The van der Waals surface area contributed by atoms with Crippen LogP contribution >= 0.6 is 0 Å². The maximum Gasteiger partial charge on any atom is 0.323 e. The number of ether oxygens (including phenoxy) is 1. The molecule has 0 aromatic heterocycles. The molecule has 1 rings (SSSR count). The highest BCUT2D eigenvalue weighted by Gasteiger charge is 2.28. The van der Waals surface area contributed by atoms with Crippen molar-refractivity contribution in [3.63, 3.8) is 0 Å². The van der Waals surface area contributed by atoms with Crippen molar-refractivity contribution in [3.8, 4) is 0 Å². The Morgan fingerprint density at radius 2 is 2.12 bits per heavy atom. The molecule has 17 heavy (non-hydrogen) atoms. The van der Waals surface area contributed by atoms with E-state index in [1.54, 1.807) is 0 Å². The van der Waals surface area contributed by atoms with Crippen molar-refractivity contribution >= 4 is 12.0 Å². The summed E-state index contributed by atoms with van der Waals surface area (Å²) in [5, 5.41) is 11.5. The molecule has 0 radical (unpaired) electrons. The molecule has 0 unspecified atom stereocenters. The summed E-state index contributed by atoms with van der Waals surface area (Å²) in [6, 6.07) is -0.127. The van der Waals surface area contributed by atoms with E-state index in [1.807, 2.05) is 0 Å². The maximum atomic E-state index is 11.8. The van der Waals surface area contributed by atoms with Crippen molar-refractivity contribution in [2.75, 3.05) is 26.8 Å². The van der Waals surface area contributed by atoms with Crippen molar-refractivity contribution < 1.29 is 19.4 Å². The standard InChI is InChI=1S/C11H20N2O4/c1-8-5-9(6-8)12-11(16)13(3-4-17-2)7-10(14)15/h8-9H,3-7H2,1-2H3,(H,12,16)(H,14,15). The third kappa shape index (κ3) is 4.60. The summed E-state index contributed by atoms with van der Waals surface area (Å²) in [5.74, 6) is -0.370. The predicted octanol–water partition coefficient (Wildman–Crippen LogP) is 0.527. The van der Waals surface area contributed by atoms with Crippen LogP contribution in [0.25, 0.3) is 0 Å². The molecule has 1 aliphatic rings. The number of methoxy groups -OCH3 is 1. The van der Waals surface area contributed by atoms with Crippen molar-refractivity contribution in [3.05, 3.63) is 0 Å². The van der Waals surface area contributed by atoms with Gasteiger partial charge < -0.3 is 20.1 Å². The molecule has 0 atom stereocenters. The fourth-order valence-electron chi connectivity index (χ4n) is 1.90. The molecule has 98 valence electrons. The van der Waals surface area contributed by atoms with E-state index in [9.17, 15) is 9.59 Å². The summed E-state index contributed by atoms with van der Waals surface area (Å²) < 4.78 is 4.85. The molecular formula is C11H20N2O4. The lowest BCUT2D eigenvalue weighted by Gasteiger charge is -2.35. The average Bonchev–Trinajstić information content (AvgIpc) is 2.21. The lowest BCUT2D eigenvalue weighted by molar-refractivity contribution is -0.137. The second-order valence-corrected chi connectivity index (χ2v) is 4.53. The Labute approximate surface area is 101 Å². The van der Waals surface area contributed by atoms with Gasteiger partial charge in [0.25, 0.3) is 0 Å². The topological polar surface area (TPSA) is 78.9 Å². The molecule has 1 fully saturated rings. The number of amides is 2. The van der Waals surface area contributed by atoms with E-state index in [2.05, 4.69) is 12.2 Å². The van der Waals surface area contributed by atoms with Crippen LogP contribution in [0.15, 0.2) is 0 Å². The number of carbonyl (C=O) groups excluding carboxylic acids is 1. The summed E-state index contributed by atoms with van der Waals surface area (Å²) >= 11 is 0. The second-order valence-electron chi connectivity index (χ2n) is 4.53. The zero-order valence-corrected chi connectivity index (χ0v) is 10.3. The van der Waals surface area contributed by atoms with Gasteiger partial charge in [0.15, 0.2) is 0 Å². The van der Waals surface area contributed by atoms with E-state index in [0.29, 0.717) is 12.5 Å². The molecule has 0 saturated heterocycles. The molecule has 1 aliphatic carbocycles. The van der Waals surface area contributed by atoms with Gasteiger partial charge in [-0.05, 0) is 18.8 Å². The lowest BCUT2D eigenvalue weighted by atomic mass is 9.82. The molecular weight excluding hydrogens is 224 g/mol. The first-order valence-electron chi connectivity index (χ1n) is 5.79. The number of rotatable bonds is 6. The summed E-state index contributed by atoms with van der Waals surface area (Å²) in [7, 11) is 1.52. The number of aliphatic carboxylic acids is 1. The summed E-state index contributed by atoms with van der Waals surface area (Å²) in [5.41, 5.74) is 0. The molecule has 0 spiro atoms. The zero-order chi connectivity index (χ0) is 12.8. The average molecular weight is 244 g/mol. The maximum absolute atomic E-state index is 11.8. The minimum atomic E-state index is -1.02. The number of nitrogens with one attached hydrogen (secondary N) is 1. The first-order valence-corrected chi connectivity index (χ1v) is 5.79. The number of nitrogens with zero attached hydrogens (tertiary/aromatic N) is 1. The highest BCUT2D eigenvalue weighted by molar-refractivity contribution is 5.80. The minimum absolute atomic E-state index is 0.191. The molecule has 6 heteroatoms. The summed E-state index contributed by atoms with van der Waals surface area (Å²) in [4.78, 5) is 23.7.